The van der Waals surface area contributed by atoms with Gasteiger partial charge in [-0.05, 0) is 96.8 Å². The largest absolute Gasteiger partial charge is 0.443 e. The monoisotopic (exact) mass is 646 g/mol. The van der Waals surface area contributed by atoms with Crippen molar-refractivity contribution >= 4 is 52.7 Å². The minimum atomic E-state index is -4.56. The van der Waals surface area contributed by atoms with Gasteiger partial charge in [0, 0.05) is 17.7 Å². The summed E-state index contributed by atoms with van der Waals surface area (Å²) in [6.45, 7) is 9.52. The van der Waals surface area contributed by atoms with Gasteiger partial charge in [0.05, 0.1) is 16.9 Å². The fraction of sp³-hybridized carbons (Fsp3) is 0.387. The molecule has 0 atom stereocenters. The number of carbonyl (C=O) groups excluding carboxylic acids is 3. The molecule has 0 radical (unpaired) electrons. The topological polar surface area (TPSA) is 135 Å². The van der Waals surface area contributed by atoms with Crippen molar-refractivity contribution in [2.24, 2.45) is 5.92 Å². The second-order valence-corrected chi connectivity index (χ2v) is 12.5. The Morgan fingerprint density at radius 3 is 1.91 bits per heavy atom. The first-order chi connectivity index (χ1) is 21.3. The summed E-state index contributed by atoms with van der Waals surface area (Å²) in [5.41, 5.74) is -2.51. The molecule has 3 amide bonds. The van der Waals surface area contributed by atoms with Gasteiger partial charge in [-0.1, -0.05) is 0 Å². The molecular weight excluding hydrogens is 612 g/mol. The van der Waals surface area contributed by atoms with E-state index in [9.17, 15) is 31.9 Å². The van der Waals surface area contributed by atoms with Gasteiger partial charge in [-0.2, -0.15) is 28.0 Å². The summed E-state index contributed by atoms with van der Waals surface area (Å²) in [6.07, 6.45) is -5.39. The fourth-order valence-electron chi connectivity index (χ4n) is 3.86. The van der Waals surface area contributed by atoms with E-state index in [0.29, 0.717) is 4.90 Å². The molecule has 1 heterocycles. The number of hydrogen-bond donors (Lipinski definition) is 3. The minimum Gasteiger partial charge on any atom is -0.443 e. The number of ether oxygens (including phenoxy) is 2. The normalized spacial score (nSPS) is 13.4. The number of nitrogens with one attached hydrogen (secondary N) is 3. The molecule has 0 aliphatic heterocycles. The zero-order valence-electron chi connectivity index (χ0n) is 26.0. The highest BCUT2D eigenvalue weighted by Gasteiger charge is 2.35. The van der Waals surface area contributed by atoms with Gasteiger partial charge < -0.3 is 25.4 Å². The Balaban J connectivity index is 1.80. The van der Waals surface area contributed by atoms with Crippen molar-refractivity contribution in [2.75, 3.05) is 20.9 Å². The highest BCUT2D eigenvalue weighted by molar-refractivity contribution is 6.09. The summed E-state index contributed by atoms with van der Waals surface area (Å²) in [5.74, 6) is -1.76. The number of nitrogens with zero attached hydrogens (tertiary/aromatic N) is 3. The lowest BCUT2D eigenvalue weighted by molar-refractivity contribution is -0.137. The van der Waals surface area contributed by atoms with Gasteiger partial charge in [-0.3, -0.25) is 4.79 Å². The third-order valence-electron chi connectivity index (χ3n) is 6.01. The summed E-state index contributed by atoms with van der Waals surface area (Å²) in [6, 6.07) is 8.78. The van der Waals surface area contributed by atoms with E-state index in [2.05, 4.69) is 25.9 Å². The van der Waals surface area contributed by atoms with Crippen molar-refractivity contribution < 1.29 is 41.4 Å². The number of benzene rings is 2. The molecule has 1 fully saturated rings. The van der Waals surface area contributed by atoms with Crippen LogP contribution in [0.5, 0.6) is 0 Å². The number of alkyl halides is 3. The van der Waals surface area contributed by atoms with Crippen molar-refractivity contribution in [3.8, 4) is 0 Å². The molecule has 2 aromatic carbocycles. The van der Waals surface area contributed by atoms with Crippen LogP contribution in [0.2, 0.25) is 0 Å². The van der Waals surface area contributed by atoms with Gasteiger partial charge in [0.1, 0.15) is 22.8 Å². The molecule has 11 nitrogen and oxygen atoms in total. The molecule has 46 heavy (non-hydrogen) atoms. The third-order valence-corrected chi connectivity index (χ3v) is 6.01. The quantitative estimate of drug-likeness (QED) is 0.217. The Bertz CT molecular complexity index is 1590. The molecule has 1 aliphatic rings. The van der Waals surface area contributed by atoms with Crippen LogP contribution in [0.1, 0.15) is 59.9 Å². The number of anilines is 6. The molecule has 15 heteroatoms. The number of rotatable bonds is 7. The van der Waals surface area contributed by atoms with E-state index in [1.54, 1.807) is 41.5 Å². The lowest BCUT2D eigenvalue weighted by Crippen LogP contribution is -2.44. The fourth-order valence-corrected chi connectivity index (χ4v) is 3.86. The maximum atomic E-state index is 14.4. The Morgan fingerprint density at radius 2 is 1.39 bits per heavy atom. The van der Waals surface area contributed by atoms with Crippen LogP contribution < -0.4 is 20.9 Å². The molecule has 0 spiro atoms. The summed E-state index contributed by atoms with van der Waals surface area (Å²) in [4.78, 5) is 48.3. The number of amides is 3. The van der Waals surface area contributed by atoms with Crippen LogP contribution in [0.15, 0.2) is 48.5 Å². The Labute approximate surface area is 262 Å². The zero-order valence-corrected chi connectivity index (χ0v) is 26.0. The van der Waals surface area contributed by atoms with Crippen LogP contribution in [0, 0.1) is 11.7 Å². The summed E-state index contributed by atoms with van der Waals surface area (Å²) >= 11 is 0. The van der Waals surface area contributed by atoms with Gasteiger partial charge in [-0.15, -0.1) is 0 Å². The van der Waals surface area contributed by atoms with Crippen LogP contribution >= 0.6 is 0 Å². The van der Waals surface area contributed by atoms with E-state index in [0.717, 1.165) is 49.2 Å². The highest BCUT2D eigenvalue weighted by Crippen LogP contribution is 2.34. The molecule has 246 valence electrons. The maximum Gasteiger partial charge on any atom is 0.425 e. The predicted molar refractivity (Wildman–Crippen MR) is 163 cm³/mol. The van der Waals surface area contributed by atoms with Crippen molar-refractivity contribution in [3.63, 3.8) is 0 Å². The smallest absolute Gasteiger partial charge is 0.425 e. The summed E-state index contributed by atoms with van der Waals surface area (Å²) in [5, 5.41) is 8.37. The minimum absolute atomic E-state index is 0.0835. The molecule has 0 bridgehead atoms. The van der Waals surface area contributed by atoms with Gasteiger partial charge in [0.25, 0.3) is 0 Å². The molecule has 1 aliphatic carbocycles. The van der Waals surface area contributed by atoms with Crippen LogP contribution in [0.4, 0.5) is 61.8 Å². The van der Waals surface area contributed by atoms with Crippen LogP contribution in [0.3, 0.4) is 0 Å². The van der Waals surface area contributed by atoms with Gasteiger partial charge in [-0.25, -0.2) is 14.0 Å². The van der Waals surface area contributed by atoms with Gasteiger partial charge in [0.15, 0.2) is 5.82 Å². The first-order valence-corrected chi connectivity index (χ1v) is 14.2. The van der Waals surface area contributed by atoms with Crippen LogP contribution in [-0.2, 0) is 20.4 Å². The second-order valence-electron chi connectivity index (χ2n) is 12.5. The second kappa shape index (κ2) is 12.8. The number of imide groups is 1. The third kappa shape index (κ3) is 9.52. The Hall–Kier alpha value is -4.95. The maximum absolute atomic E-state index is 14.4. The standard InChI is InChI=1S/C31H34F4N6O5/c1-29(2,3)45-27(43)41(28(44)46-30(4,5)6)24-16-23(37-22-15-19(32)11-14-21(22)38-25(42)17-7-8-17)39-26(40-24)36-20-12-9-18(10-13-20)31(33,34)35/h9-17H,7-8H2,1-6H3,(H,38,42)(H2,36,37,39,40). The molecular formula is C31H34F4N6O5. The van der Waals surface area contributed by atoms with Crippen molar-refractivity contribution in [1.82, 2.24) is 9.97 Å². The average molecular weight is 647 g/mol. The number of hydrogen-bond acceptors (Lipinski definition) is 9. The molecule has 3 N–H and O–H groups in total. The first-order valence-electron chi connectivity index (χ1n) is 14.2. The summed E-state index contributed by atoms with van der Waals surface area (Å²) < 4.78 is 64.6. The summed E-state index contributed by atoms with van der Waals surface area (Å²) in [7, 11) is 0. The number of aromatic nitrogens is 2. The van der Waals surface area contributed by atoms with Crippen molar-refractivity contribution in [3.05, 3.63) is 59.9 Å². The molecule has 1 saturated carbocycles. The lowest BCUT2D eigenvalue weighted by Gasteiger charge is -2.28. The zero-order chi connectivity index (χ0) is 34.0. The van der Waals surface area contributed by atoms with Gasteiger partial charge in [0.2, 0.25) is 11.9 Å². The Morgan fingerprint density at radius 1 is 0.804 bits per heavy atom. The highest BCUT2D eigenvalue weighted by atomic mass is 19.4. The van der Waals surface area contributed by atoms with Crippen LogP contribution in [-0.4, -0.2) is 39.3 Å². The number of halogens is 4. The SMILES string of the molecule is CC(C)(C)OC(=O)N(C(=O)OC(C)(C)C)c1cc(Nc2cc(F)ccc2NC(=O)C2CC2)nc(Nc2ccc(C(F)(F)F)cc2)n1. The van der Waals surface area contributed by atoms with E-state index >= 15 is 0 Å². The number of carbonyl (C=O) groups is 3. The lowest BCUT2D eigenvalue weighted by atomic mass is 10.2. The first kappa shape index (κ1) is 33.9. The predicted octanol–water partition coefficient (Wildman–Crippen LogP) is 8.15. The van der Waals surface area contributed by atoms with Crippen molar-refractivity contribution in [1.29, 1.82) is 0 Å². The van der Waals surface area contributed by atoms with E-state index in [4.69, 9.17) is 9.47 Å². The van der Waals surface area contributed by atoms with E-state index < -0.39 is 40.9 Å². The van der Waals surface area contributed by atoms with E-state index in [-0.39, 0.29) is 46.5 Å². The molecule has 0 unspecified atom stereocenters. The van der Waals surface area contributed by atoms with E-state index in [1.165, 1.54) is 12.1 Å². The van der Waals surface area contributed by atoms with Crippen LogP contribution in [0.25, 0.3) is 0 Å². The molecule has 3 aromatic rings. The molecule has 0 saturated heterocycles. The van der Waals surface area contributed by atoms with Gasteiger partial charge >= 0.3 is 18.4 Å². The Kier molecular flexibility index (Phi) is 9.45. The molecule has 1 aromatic heterocycles. The van der Waals surface area contributed by atoms with Crippen molar-refractivity contribution in [2.45, 2.75) is 71.8 Å². The van der Waals surface area contributed by atoms with E-state index in [1.807, 2.05) is 0 Å². The average Bonchev–Trinajstić information content (AvgIpc) is 3.74. The molecule has 4 rings (SSSR count).